The Morgan fingerprint density at radius 3 is 2.73 bits per heavy atom. The van der Waals surface area contributed by atoms with Crippen LogP contribution < -0.4 is 5.14 Å². The summed E-state index contributed by atoms with van der Waals surface area (Å²) in [6, 6.07) is 1.22. The Labute approximate surface area is 91.9 Å². The van der Waals surface area contributed by atoms with Crippen LogP contribution in [0.1, 0.15) is 23.7 Å². The van der Waals surface area contributed by atoms with Crippen LogP contribution in [0, 0.1) is 0 Å². The second kappa shape index (κ2) is 4.73. The van der Waals surface area contributed by atoms with Crippen LogP contribution in [0.4, 0.5) is 0 Å². The van der Waals surface area contributed by atoms with Crippen molar-refractivity contribution >= 4 is 27.3 Å². The molecule has 1 heterocycles. The molecule has 1 aromatic rings. The molecule has 5 nitrogen and oxygen atoms in total. The van der Waals surface area contributed by atoms with Gasteiger partial charge in [0.05, 0.1) is 12.2 Å². The first-order valence-electron chi connectivity index (χ1n) is 4.23. The Morgan fingerprint density at radius 1 is 1.60 bits per heavy atom. The van der Waals surface area contributed by atoms with E-state index in [9.17, 15) is 13.2 Å². The first kappa shape index (κ1) is 12.2. The molecule has 0 aliphatic heterocycles. The zero-order valence-corrected chi connectivity index (χ0v) is 9.73. The minimum Gasteiger partial charge on any atom is -0.462 e. The summed E-state index contributed by atoms with van der Waals surface area (Å²) in [4.78, 5) is 11.3. The summed E-state index contributed by atoms with van der Waals surface area (Å²) < 4.78 is 26.6. The lowest BCUT2D eigenvalue weighted by Crippen LogP contribution is -2.10. The van der Waals surface area contributed by atoms with E-state index in [0.717, 1.165) is 17.8 Å². The first-order valence-corrected chi connectivity index (χ1v) is 6.66. The fraction of sp³-hybridized carbons (Fsp3) is 0.375. The number of ether oxygens (including phenoxy) is 1. The van der Waals surface area contributed by atoms with Crippen molar-refractivity contribution in [2.45, 2.75) is 17.6 Å². The zero-order chi connectivity index (χ0) is 11.5. The molecule has 7 heteroatoms. The molecule has 0 saturated carbocycles. The summed E-state index contributed by atoms with van der Waals surface area (Å²) in [7, 11) is -3.73. The van der Waals surface area contributed by atoms with Crippen LogP contribution in [-0.2, 0) is 14.8 Å². The quantitative estimate of drug-likeness (QED) is 0.805. The van der Waals surface area contributed by atoms with E-state index in [-0.39, 0.29) is 9.77 Å². The lowest BCUT2D eigenvalue weighted by molar-refractivity contribution is 0.0505. The molecular formula is C8H11NO4S2. The average Bonchev–Trinajstić information content (AvgIpc) is 2.62. The van der Waals surface area contributed by atoms with Gasteiger partial charge in [-0.15, -0.1) is 11.3 Å². The Hall–Kier alpha value is -0.920. The highest BCUT2D eigenvalue weighted by Gasteiger charge is 2.15. The Kier molecular flexibility index (Phi) is 3.83. The van der Waals surface area contributed by atoms with E-state index in [2.05, 4.69) is 0 Å². The summed E-state index contributed by atoms with van der Waals surface area (Å²) in [5.74, 6) is -0.525. The topological polar surface area (TPSA) is 86.5 Å². The number of nitrogens with two attached hydrogens (primary N) is 1. The number of sulfonamides is 1. The van der Waals surface area contributed by atoms with Crippen LogP contribution in [-0.4, -0.2) is 21.0 Å². The fourth-order valence-electron chi connectivity index (χ4n) is 0.851. The highest BCUT2D eigenvalue weighted by molar-refractivity contribution is 7.91. The molecule has 0 radical (unpaired) electrons. The van der Waals surface area contributed by atoms with E-state index in [1.807, 2.05) is 6.92 Å². The largest absolute Gasteiger partial charge is 0.462 e. The highest BCUT2D eigenvalue weighted by Crippen LogP contribution is 2.19. The first-order chi connectivity index (χ1) is 6.95. The summed E-state index contributed by atoms with van der Waals surface area (Å²) in [5.41, 5.74) is 0.220. The molecule has 0 bridgehead atoms. The van der Waals surface area contributed by atoms with Gasteiger partial charge in [-0.1, -0.05) is 6.92 Å². The van der Waals surface area contributed by atoms with Gasteiger partial charge < -0.3 is 4.74 Å². The van der Waals surface area contributed by atoms with Crippen LogP contribution >= 0.6 is 11.3 Å². The number of hydrogen-bond acceptors (Lipinski definition) is 5. The van der Waals surface area contributed by atoms with Crippen LogP contribution in [0.25, 0.3) is 0 Å². The van der Waals surface area contributed by atoms with Crippen molar-refractivity contribution in [3.63, 3.8) is 0 Å². The van der Waals surface area contributed by atoms with Gasteiger partial charge in [-0.05, 0) is 12.5 Å². The fourth-order valence-corrected chi connectivity index (χ4v) is 2.43. The lowest BCUT2D eigenvalue weighted by atomic mass is 10.3. The Bertz CT molecular complexity index is 449. The number of primary sulfonamides is 1. The summed E-state index contributed by atoms with van der Waals surface area (Å²) in [6.45, 7) is 2.19. The van der Waals surface area contributed by atoms with Crippen LogP contribution in [0.3, 0.4) is 0 Å². The zero-order valence-electron chi connectivity index (χ0n) is 8.10. The molecule has 0 fully saturated rings. The summed E-state index contributed by atoms with van der Waals surface area (Å²) in [5, 5.41) is 6.32. The van der Waals surface area contributed by atoms with Gasteiger partial charge in [-0.2, -0.15) is 0 Å². The molecule has 1 rings (SSSR count). The number of thiophene rings is 1. The van der Waals surface area contributed by atoms with Crippen molar-refractivity contribution < 1.29 is 17.9 Å². The molecule has 0 aromatic carbocycles. The second-order valence-electron chi connectivity index (χ2n) is 2.84. The van der Waals surface area contributed by atoms with Crippen LogP contribution in [0.15, 0.2) is 15.7 Å². The molecule has 0 amide bonds. The molecule has 0 spiro atoms. The SMILES string of the molecule is CCCOC(=O)c1csc(S(N)(=O)=O)c1. The van der Waals surface area contributed by atoms with Gasteiger partial charge in [0.2, 0.25) is 10.0 Å². The van der Waals surface area contributed by atoms with Crippen molar-refractivity contribution in [1.29, 1.82) is 0 Å². The van der Waals surface area contributed by atoms with Crippen LogP contribution in [0.2, 0.25) is 0 Å². The van der Waals surface area contributed by atoms with Gasteiger partial charge in [0.15, 0.2) is 0 Å². The normalized spacial score (nSPS) is 11.3. The second-order valence-corrected chi connectivity index (χ2v) is 5.53. The number of rotatable bonds is 4. The Balaban J connectivity index is 2.81. The number of esters is 1. The van der Waals surface area contributed by atoms with Gasteiger partial charge in [-0.3, -0.25) is 0 Å². The molecule has 0 atom stereocenters. The van der Waals surface area contributed by atoms with Gasteiger partial charge in [-0.25, -0.2) is 18.4 Å². The standard InChI is InChI=1S/C8H11NO4S2/c1-2-3-13-8(10)6-4-7(14-5-6)15(9,11)12/h4-5H,2-3H2,1H3,(H2,9,11,12). The van der Waals surface area contributed by atoms with E-state index in [0.29, 0.717) is 6.61 Å². The molecule has 2 N–H and O–H groups in total. The smallest absolute Gasteiger partial charge is 0.339 e. The molecule has 0 aliphatic carbocycles. The Morgan fingerprint density at radius 2 is 2.27 bits per heavy atom. The molecule has 0 saturated heterocycles. The predicted molar refractivity (Wildman–Crippen MR) is 56.3 cm³/mol. The van der Waals surface area contributed by atoms with Gasteiger partial charge >= 0.3 is 5.97 Å². The van der Waals surface area contributed by atoms with E-state index in [1.165, 1.54) is 11.4 Å². The maximum Gasteiger partial charge on any atom is 0.339 e. The van der Waals surface area contributed by atoms with E-state index in [1.54, 1.807) is 0 Å². The van der Waals surface area contributed by atoms with Gasteiger partial charge in [0.25, 0.3) is 0 Å². The third-order valence-corrected chi connectivity index (χ3v) is 3.92. The number of hydrogen-bond donors (Lipinski definition) is 1. The monoisotopic (exact) mass is 249 g/mol. The van der Waals surface area contributed by atoms with Gasteiger partial charge in [0, 0.05) is 5.38 Å². The molecule has 84 valence electrons. The van der Waals surface area contributed by atoms with Crippen molar-refractivity contribution in [2.24, 2.45) is 5.14 Å². The minimum absolute atomic E-state index is 0.0362. The maximum absolute atomic E-state index is 11.3. The summed E-state index contributed by atoms with van der Waals surface area (Å²) in [6.07, 6.45) is 0.720. The van der Waals surface area contributed by atoms with Crippen molar-refractivity contribution in [3.8, 4) is 0 Å². The van der Waals surface area contributed by atoms with Gasteiger partial charge in [0.1, 0.15) is 4.21 Å². The minimum atomic E-state index is -3.73. The molecule has 0 aliphatic rings. The number of carbonyl (C=O) groups excluding carboxylic acids is 1. The molecule has 0 unspecified atom stereocenters. The van der Waals surface area contributed by atoms with Crippen molar-refractivity contribution in [3.05, 3.63) is 17.0 Å². The highest BCUT2D eigenvalue weighted by atomic mass is 32.2. The van der Waals surface area contributed by atoms with Crippen molar-refractivity contribution in [1.82, 2.24) is 0 Å². The average molecular weight is 249 g/mol. The van der Waals surface area contributed by atoms with Crippen molar-refractivity contribution in [2.75, 3.05) is 6.61 Å². The van der Waals surface area contributed by atoms with E-state index in [4.69, 9.17) is 9.88 Å². The van der Waals surface area contributed by atoms with Crippen LogP contribution in [0.5, 0.6) is 0 Å². The number of carbonyl (C=O) groups is 1. The molecule has 15 heavy (non-hydrogen) atoms. The van der Waals surface area contributed by atoms with E-state index >= 15 is 0 Å². The maximum atomic E-state index is 11.3. The van der Waals surface area contributed by atoms with E-state index < -0.39 is 16.0 Å². The third-order valence-electron chi connectivity index (χ3n) is 1.53. The lowest BCUT2D eigenvalue weighted by Gasteiger charge is -1.99. The summed E-state index contributed by atoms with van der Waals surface area (Å²) >= 11 is 0.904. The molecular weight excluding hydrogens is 238 g/mol. The predicted octanol–water partition coefficient (Wildman–Crippen LogP) is 0.962. The molecule has 1 aromatic heterocycles. The third kappa shape index (κ3) is 3.29.